The molecule has 27 heavy (non-hydrogen) atoms. The fourth-order valence-electron chi connectivity index (χ4n) is 3.68. The van der Waals surface area contributed by atoms with Crippen LogP contribution in [0.15, 0.2) is 42.5 Å². The summed E-state index contributed by atoms with van der Waals surface area (Å²) in [4.78, 5) is 17.4. The highest BCUT2D eigenvalue weighted by atomic mass is 35.5. The second-order valence-corrected chi connectivity index (χ2v) is 7.50. The Morgan fingerprint density at radius 1 is 1.19 bits per heavy atom. The minimum absolute atomic E-state index is 0.0588. The minimum atomic E-state index is -0.0588. The van der Waals surface area contributed by atoms with E-state index < -0.39 is 0 Å². The molecule has 0 radical (unpaired) electrons. The van der Waals surface area contributed by atoms with E-state index in [1.165, 1.54) is 0 Å². The first-order valence-corrected chi connectivity index (χ1v) is 9.76. The van der Waals surface area contributed by atoms with Gasteiger partial charge < -0.3 is 19.9 Å². The fourth-order valence-corrected chi connectivity index (χ4v) is 3.93. The van der Waals surface area contributed by atoms with Gasteiger partial charge in [0.15, 0.2) is 0 Å². The molecule has 0 bridgehead atoms. The molecule has 4 rings (SSSR count). The summed E-state index contributed by atoms with van der Waals surface area (Å²) in [5.74, 6) is -0.0588. The molecule has 0 saturated carbocycles. The lowest BCUT2D eigenvalue weighted by Crippen LogP contribution is -2.40. The molecule has 6 heteroatoms. The standard InChI is InChI=1S/C21H24ClN3O2/c1-15-14-25(20-5-3-2-4-16(20)13-23-15)21(26)18-7-6-17(12-19(18)22)24-8-10-27-11-9-24/h2-7,12,15,23H,8-11,13-14H2,1H3/t15-/m1/s1. The first-order valence-electron chi connectivity index (χ1n) is 9.39. The van der Waals surface area contributed by atoms with Crippen molar-refractivity contribution < 1.29 is 9.53 Å². The molecule has 1 atom stereocenters. The van der Waals surface area contributed by atoms with Gasteiger partial charge in [-0.05, 0) is 36.8 Å². The van der Waals surface area contributed by atoms with E-state index in [-0.39, 0.29) is 11.9 Å². The van der Waals surface area contributed by atoms with Gasteiger partial charge in [0, 0.05) is 43.6 Å². The maximum atomic E-state index is 13.3. The SMILES string of the molecule is C[C@@H]1CN(C(=O)c2ccc(N3CCOCC3)cc2Cl)c2ccccc2CN1. The summed E-state index contributed by atoms with van der Waals surface area (Å²) < 4.78 is 5.41. The zero-order chi connectivity index (χ0) is 18.8. The molecular formula is C21H24ClN3O2. The lowest BCUT2D eigenvalue weighted by molar-refractivity contribution is 0.0985. The number of anilines is 2. The van der Waals surface area contributed by atoms with Gasteiger partial charge in [0.25, 0.3) is 5.91 Å². The molecule has 1 fully saturated rings. The van der Waals surface area contributed by atoms with Crippen molar-refractivity contribution in [3.63, 3.8) is 0 Å². The summed E-state index contributed by atoms with van der Waals surface area (Å²) >= 11 is 6.55. The van der Waals surface area contributed by atoms with Crippen LogP contribution in [0.25, 0.3) is 0 Å². The van der Waals surface area contributed by atoms with Crippen molar-refractivity contribution in [1.29, 1.82) is 0 Å². The minimum Gasteiger partial charge on any atom is -0.378 e. The summed E-state index contributed by atoms with van der Waals surface area (Å²) in [5, 5.41) is 3.95. The van der Waals surface area contributed by atoms with Gasteiger partial charge in [0.2, 0.25) is 0 Å². The van der Waals surface area contributed by atoms with Gasteiger partial charge in [-0.25, -0.2) is 0 Å². The largest absolute Gasteiger partial charge is 0.378 e. The monoisotopic (exact) mass is 385 g/mol. The number of halogens is 1. The third-order valence-corrected chi connectivity index (χ3v) is 5.50. The molecule has 1 N–H and O–H groups in total. The number of ether oxygens (including phenoxy) is 1. The maximum Gasteiger partial charge on any atom is 0.259 e. The third-order valence-electron chi connectivity index (χ3n) is 5.18. The fraction of sp³-hybridized carbons (Fsp3) is 0.381. The summed E-state index contributed by atoms with van der Waals surface area (Å²) in [7, 11) is 0. The Hall–Kier alpha value is -2.08. The molecule has 2 aromatic carbocycles. The topological polar surface area (TPSA) is 44.8 Å². The van der Waals surface area contributed by atoms with Gasteiger partial charge in [0.05, 0.1) is 23.8 Å². The number of fused-ring (bicyclic) bond motifs is 1. The zero-order valence-electron chi connectivity index (χ0n) is 15.5. The Labute approximate surface area is 164 Å². The lowest BCUT2D eigenvalue weighted by Gasteiger charge is -2.29. The van der Waals surface area contributed by atoms with Gasteiger partial charge in [-0.2, -0.15) is 0 Å². The smallest absolute Gasteiger partial charge is 0.259 e. The first kappa shape index (κ1) is 18.3. The van der Waals surface area contributed by atoms with Crippen LogP contribution in [-0.4, -0.2) is 44.8 Å². The van der Waals surface area contributed by atoms with Crippen LogP contribution in [0.1, 0.15) is 22.8 Å². The van der Waals surface area contributed by atoms with E-state index in [0.717, 1.165) is 36.6 Å². The number of morpholine rings is 1. The number of rotatable bonds is 2. The second-order valence-electron chi connectivity index (χ2n) is 7.09. The number of amides is 1. The van der Waals surface area contributed by atoms with Crippen LogP contribution < -0.4 is 15.1 Å². The predicted molar refractivity (Wildman–Crippen MR) is 109 cm³/mol. The van der Waals surface area contributed by atoms with E-state index >= 15 is 0 Å². The van der Waals surface area contributed by atoms with Gasteiger partial charge >= 0.3 is 0 Å². The second kappa shape index (κ2) is 7.89. The van der Waals surface area contributed by atoms with E-state index in [1.807, 2.05) is 41.3 Å². The predicted octanol–water partition coefficient (Wildman–Crippen LogP) is 3.32. The van der Waals surface area contributed by atoms with E-state index in [4.69, 9.17) is 16.3 Å². The average molecular weight is 386 g/mol. The summed E-state index contributed by atoms with van der Waals surface area (Å²) in [6, 6.07) is 14.0. The number of carbonyl (C=O) groups excluding carboxylic acids is 1. The molecule has 2 aromatic rings. The zero-order valence-corrected chi connectivity index (χ0v) is 16.2. The van der Waals surface area contributed by atoms with Gasteiger partial charge in [0.1, 0.15) is 0 Å². The molecule has 2 heterocycles. The molecule has 0 spiro atoms. The Balaban J connectivity index is 1.64. The molecule has 5 nitrogen and oxygen atoms in total. The summed E-state index contributed by atoms with van der Waals surface area (Å²) in [6.07, 6.45) is 0. The van der Waals surface area contributed by atoms with Crippen LogP contribution >= 0.6 is 11.6 Å². The van der Waals surface area contributed by atoms with Crippen LogP contribution in [0.2, 0.25) is 5.02 Å². The van der Waals surface area contributed by atoms with Crippen LogP contribution in [0.5, 0.6) is 0 Å². The Morgan fingerprint density at radius 3 is 2.74 bits per heavy atom. The summed E-state index contributed by atoms with van der Waals surface area (Å²) in [6.45, 7) is 6.57. The number of hydrogen-bond acceptors (Lipinski definition) is 4. The van der Waals surface area contributed by atoms with Crippen molar-refractivity contribution in [3.05, 3.63) is 58.6 Å². The number of nitrogens with zero attached hydrogens (tertiary/aromatic N) is 2. The highest BCUT2D eigenvalue weighted by Crippen LogP contribution is 2.29. The van der Waals surface area contributed by atoms with E-state index in [2.05, 4.69) is 23.2 Å². The average Bonchev–Trinajstić information content (AvgIpc) is 2.87. The van der Waals surface area contributed by atoms with Gasteiger partial charge in [-0.3, -0.25) is 4.79 Å². The van der Waals surface area contributed by atoms with Crippen molar-refractivity contribution in [3.8, 4) is 0 Å². The molecule has 0 unspecified atom stereocenters. The number of hydrogen-bond donors (Lipinski definition) is 1. The van der Waals surface area contributed by atoms with Crippen LogP contribution in [-0.2, 0) is 11.3 Å². The van der Waals surface area contributed by atoms with Crippen molar-refractivity contribution in [2.75, 3.05) is 42.6 Å². The van der Waals surface area contributed by atoms with E-state index in [9.17, 15) is 4.79 Å². The van der Waals surface area contributed by atoms with Crippen LogP contribution in [0, 0.1) is 0 Å². The lowest BCUT2D eigenvalue weighted by atomic mass is 10.1. The molecule has 1 saturated heterocycles. The van der Waals surface area contributed by atoms with Crippen LogP contribution in [0.4, 0.5) is 11.4 Å². The number of benzene rings is 2. The van der Waals surface area contributed by atoms with E-state index in [0.29, 0.717) is 30.3 Å². The van der Waals surface area contributed by atoms with Crippen molar-refractivity contribution in [2.24, 2.45) is 0 Å². The first-order chi connectivity index (χ1) is 13.1. The normalized spacial score (nSPS) is 20.1. The Morgan fingerprint density at radius 2 is 1.96 bits per heavy atom. The molecule has 0 aromatic heterocycles. The van der Waals surface area contributed by atoms with Crippen LogP contribution in [0.3, 0.4) is 0 Å². The molecule has 2 aliphatic rings. The quantitative estimate of drug-likeness (QED) is 0.861. The highest BCUT2D eigenvalue weighted by molar-refractivity contribution is 6.34. The van der Waals surface area contributed by atoms with E-state index in [1.54, 1.807) is 0 Å². The Kier molecular flexibility index (Phi) is 5.34. The molecule has 142 valence electrons. The number of nitrogens with one attached hydrogen (secondary N) is 1. The highest BCUT2D eigenvalue weighted by Gasteiger charge is 2.26. The van der Waals surface area contributed by atoms with Crippen molar-refractivity contribution in [1.82, 2.24) is 5.32 Å². The number of carbonyl (C=O) groups is 1. The van der Waals surface area contributed by atoms with Crippen molar-refractivity contribution >= 4 is 28.9 Å². The summed E-state index contributed by atoms with van der Waals surface area (Å²) in [5.41, 5.74) is 3.65. The maximum absolute atomic E-state index is 13.3. The van der Waals surface area contributed by atoms with Gasteiger partial charge in [-0.1, -0.05) is 29.8 Å². The van der Waals surface area contributed by atoms with Crippen molar-refractivity contribution in [2.45, 2.75) is 19.5 Å². The third kappa shape index (κ3) is 3.81. The molecule has 1 amide bonds. The van der Waals surface area contributed by atoms with Gasteiger partial charge in [-0.15, -0.1) is 0 Å². The Bertz CT molecular complexity index is 836. The number of para-hydroxylation sites is 1. The molecule has 2 aliphatic heterocycles. The molecule has 0 aliphatic carbocycles. The molecular weight excluding hydrogens is 362 g/mol.